The van der Waals surface area contributed by atoms with E-state index >= 15 is 0 Å². The Bertz CT molecular complexity index is 1060. The number of aromatic nitrogens is 2. The van der Waals surface area contributed by atoms with E-state index in [1.165, 1.54) is 6.20 Å². The monoisotopic (exact) mass is 408 g/mol. The molecule has 1 aliphatic rings. The quantitative estimate of drug-likeness (QED) is 0.397. The first kappa shape index (κ1) is 20.2. The van der Waals surface area contributed by atoms with Crippen molar-refractivity contribution in [3.05, 3.63) is 68.5 Å². The molecular weight excluding hydrogens is 391 g/mol. The molecule has 0 radical (unpaired) electrons. The maximum Gasteiger partial charge on any atom is 0.469 e. The lowest BCUT2D eigenvalue weighted by molar-refractivity contribution is -0.0451. The molecule has 10 nitrogen and oxygen atoms in total. The van der Waals surface area contributed by atoms with Crippen LogP contribution >= 0.6 is 7.82 Å². The van der Waals surface area contributed by atoms with Gasteiger partial charge in [0.2, 0.25) is 0 Å². The average Bonchev–Trinajstić information content (AvgIpc) is 3.00. The fraction of sp³-hybridized carbons (Fsp3) is 0.294. The second-order valence-corrected chi connectivity index (χ2v) is 7.28. The van der Waals surface area contributed by atoms with Crippen LogP contribution in [0.2, 0.25) is 0 Å². The number of hydrogen-bond acceptors (Lipinski definition) is 6. The van der Waals surface area contributed by atoms with Crippen molar-refractivity contribution in [3.63, 3.8) is 0 Å². The summed E-state index contributed by atoms with van der Waals surface area (Å²) in [7, 11) is -4.72. The molecule has 148 valence electrons. The number of aromatic amines is 1. The van der Waals surface area contributed by atoms with Crippen LogP contribution in [0.5, 0.6) is 0 Å². The van der Waals surface area contributed by atoms with Crippen LogP contribution in [0, 0.1) is 11.8 Å². The maximum absolute atomic E-state index is 12.1. The van der Waals surface area contributed by atoms with Crippen molar-refractivity contribution < 1.29 is 28.7 Å². The highest BCUT2D eigenvalue weighted by molar-refractivity contribution is 7.46. The number of aliphatic hydroxyl groups is 1. The molecule has 2 heterocycles. The van der Waals surface area contributed by atoms with Gasteiger partial charge in [0.05, 0.1) is 12.7 Å². The zero-order valence-corrected chi connectivity index (χ0v) is 15.3. The minimum Gasteiger partial charge on any atom is -0.390 e. The second-order valence-electron chi connectivity index (χ2n) is 6.04. The smallest absolute Gasteiger partial charge is 0.390 e. The number of benzene rings is 1. The van der Waals surface area contributed by atoms with E-state index < -0.39 is 44.1 Å². The van der Waals surface area contributed by atoms with E-state index in [4.69, 9.17) is 14.5 Å². The molecule has 0 bridgehead atoms. The van der Waals surface area contributed by atoms with E-state index in [2.05, 4.69) is 21.3 Å². The highest BCUT2D eigenvalue weighted by Gasteiger charge is 2.37. The van der Waals surface area contributed by atoms with E-state index in [1.807, 2.05) is 6.07 Å². The lowest BCUT2D eigenvalue weighted by Gasteiger charge is -2.16. The van der Waals surface area contributed by atoms with Crippen molar-refractivity contribution >= 4 is 7.82 Å². The van der Waals surface area contributed by atoms with Crippen molar-refractivity contribution in [1.29, 1.82) is 0 Å². The molecule has 2 aromatic rings. The van der Waals surface area contributed by atoms with Gasteiger partial charge >= 0.3 is 13.5 Å². The van der Waals surface area contributed by atoms with Gasteiger partial charge in [0.25, 0.3) is 5.56 Å². The summed E-state index contributed by atoms with van der Waals surface area (Å²) in [5.74, 6) is 5.50. The lowest BCUT2D eigenvalue weighted by atomic mass is 10.2. The van der Waals surface area contributed by atoms with Crippen LogP contribution in [0.4, 0.5) is 0 Å². The Balaban J connectivity index is 1.83. The Hall–Kier alpha value is -2.51. The van der Waals surface area contributed by atoms with Gasteiger partial charge in [-0.3, -0.25) is 18.9 Å². The molecule has 28 heavy (non-hydrogen) atoms. The minimum atomic E-state index is -4.72. The highest BCUT2D eigenvalue weighted by Crippen LogP contribution is 2.38. The van der Waals surface area contributed by atoms with Crippen LogP contribution in [0.3, 0.4) is 0 Å². The molecule has 0 aliphatic carbocycles. The average molecular weight is 408 g/mol. The normalized spacial score (nSPS) is 21.9. The molecule has 1 fully saturated rings. The van der Waals surface area contributed by atoms with Crippen molar-refractivity contribution in [2.24, 2.45) is 0 Å². The molecule has 0 saturated carbocycles. The zero-order valence-electron chi connectivity index (χ0n) is 14.4. The summed E-state index contributed by atoms with van der Waals surface area (Å²) in [6.07, 6.45) is -1.93. The predicted octanol–water partition coefficient (Wildman–Crippen LogP) is -0.306. The van der Waals surface area contributed by atoms with Crippen LogP contribution in [-0.2, 0) is 13.8 Å². The summed E-state index contributed by atoms with van der Waals surface area (Å²) >= 11 is 0. The second kappa shape index (κ2) is 8.24. The molecular formula is C17H17N2O8P. The SMILES string of the molecule is O=c1[nH]c(=O)n([C@H]2C[C@H](O)[C@@H](COP(=O)(O)O)O2)cc1C#Cc1ccccc1. The number of nitrogens with zero attached hydrogens (tertiary/aromatic N) is 1. The fourth-order valence-corrected chi connectivity index (χ4v) is 3.00. The minimum absolute atomic E-state index is 0.0245. The largest absolute Gasteiger partial charge is 0.469 e. The van der Waals surface area contributed by atoms with Gasteiger partial charge in [-0.05, 0) is 12.1 Å². The van der Waals surface area contributed by atoms with E-state index in [0.717, 1.165) is 4.57 Å². The van der Waals surface area contributed by atoms with Crippen molar-refractivity contribution in [2.45, 2.75) is 24.9 Å². The summed E-state index contributed by atoms with van der Waals surface area (Å²) in [6, 6.07) is 8.94. The van der Waals surface area contributed by atoms with Gasteiger partial charge in [0, 0.05) is 18.2 Å². The molecule has 4 N–H and O–H groups in total. The Morgan fingerprint density at radius 3 is 2.64 bits per heavy atom. The van der Waals surface area contributed by atoms with Gasteiger partial charge in [-0.1, -0.05) is 30.0 Å². The fourth-order valence-electron chi connectivity index (χ4n) is 2.66. The van der Waals surface area contributed by atoms with Gasteiger partial charge in [-0.25, -0.2) is 9.36 Å². The molecule has 0 amide bonds. The molecule has 1 aromatic heterocycles. The number of aliphatic hydroxyl groups excluding tert-OH is 1. The predicted molar refractivity (Wildman–Crippen MR) is 96.3 cm³/mol. The number of phosphoric ester groups is 1. The first-order valence-corrected chi connectivity index (χ1v) is 9.72. The zero-order chi connectivity index (χ0) is 20.3. The Labute approximate surface area is 158 Å². The maximum atomic E-state index is 12.1. The number of hydrogen-bond donors (Lipinski definition) is 4. The van der Waals surface area contributed by atoms with E-state index in [1.54, 1.807) is 24.3 Å². The summed E-state index contributed by atoms with van der Waals surface area (Å²) < 4.78 is 21.7. The van der Waals surface area contributed by atoms with Crippen LogP contribution < -0.4 is 11.2 Å². The summed E-state index contributed by atoms with van der Waals surface area (Å²) in [6.45, 7) is -0.555. The Kier molecular flexibility index (Phi) is 5.96. The first-order chi connectivity index (χ1) is 13.2. The number of phosphoric acid groups is 1. The van der Waals surface area contributed by atoms with E-state index in [0.29, 0.717) is 5.56 Å². The molecule has 0 unspecified atom stereocenters. The van der Waals surface area contributed by atoms with Gasteiger partial charge in [-0.2, -0.15) is 0 Å². The Morgan fingerprint density at radius 2 is 1.96 bits per heavy atom. The van der Waals surface area contributed by atoms with E-state index in [-0.39, 0.29) is 12.0 Å². The van der Waals surface area contributed by atoms with Gasteiger partial charge in [-0.15, -0.1) is 0 Å². The van der Waals surface area contributed by atoms with Crippen LogP contribution in [-0.4, -0.2) is 43.3 Å². The lowest BCUT2D eigenvalue weighted by Crippen LogP contribution is -2.33. The van der Waals surface area contributed by atoms with Crippen molar-refractivity contribution in [1.82, 2.24) is 9.55 Å². The topological polar surface area (TPSA) is 151 Å². The Morgan fingerprint density at radius 1 is 1.25 bits per heavy atom. The van der Waals surface area contributed by atoms with Crippen molar-refractivity contribution in [3.8, 4) is 11.8 Å². The standard InChI is InChI=1S/C17H17N2O8P/c20-13-8-15(27-14(13)10-26-28(23,24)25)19-9-12(16(21)18-17(19)22)7-6-11-4-2-1-3-5-11/h1-5,9,13-15,20H,8,10H2,(H,18,21,22)(H2,23,24,25)/t13-,14+,15+/m0/s1. The van der Waals surface area contributed by atoms with Crippen LogP contribution in [0.15, 0.2) is 46.1 Å². The molecule has 1 saturated heterocycles. The number of nitrogens with one attached hydrogen (secondary N) is 1. The summed E-state index contributed by atoms with van der Waals surface area (Å²) in [4.78, 5) is 43.8. The third kappa shape index (κ3) is 5.05. The molecule has 3 atom stereocenters. The first-order valence-electron chi connectivity index (χ1n) is 8.19. The van der Waals surface area contributed by atoms with Crippen molar-refractivity contribution in [2.75, 3.05) is 6.61 Å². The molecule has 1 aliphatic heterocycles. The van der Waals surface area contributed by atoms with Gasteiger partial charge in [0.15, 0.2) is 0 Å². The summed E-state index contributed by atoms with van der Waals surface area (Å²) in [5.41, 5.74) is -0.716. The summed E-state index contributed by atoms with van der Waals surface area (Å²) in [5, 5.41) is 10.0. The molecule has 11 heteroatoms. The highest BCUT2D eigenvalue weighted by atomic mass is 31.2. The van der Waals surface area contributed by atoms with Crippen LogP contribution in [0.1, 0.15) is 23.8 Å². The third-order valence-electron chi connectivity index (χ3n) is 4.00. The molecule has 0 spiro atoms. The van der Waals surface area contributed by atoms with E-state index in [9.17, 15) is 19.3 Å². The third-order valence-corrected chi connectivity index (χ3v) is 4.49. The number of rotatable bonds is 4. The molecule has 1 aromatic carbocycles. The van der Waals surface area contributed by atoms with Gasteiger partial charge in [0.1, 0.15) is 17.9 Å². The number of H-pyrrole nitrogens is 1. The van der Waals surface area contributed by atoms with Crippen LogP contribution in [0.25, 0.3) is 0 Å². The van der Waals surface area contributed by atoms with Gasteiger partial charge < -0.3 is 19.6 Å². The number of ether oxygens (including phenoxy) is 1. The molecule has 3 rings (SSSR count).